The number of carboxylic acids is 1. The molecule has 2 fully saturated rings. The highest BCUT2D eigenvalue weighted by Gasteiger charge is 2.54. The third kappa shape index (κ3) is 7.81. The van der Waals surface area contributed by atoms with Gasteiger partial charge in [0.15, 0.2) is 22.2 Å². The molecule has 8 N–H and O–H groups in total. The Labute approximate surface area is 362 Å². The van der Waals surface area contributed by atoms with E-state index < -0.39 is 53.4 Å². The number of amides is 3. The second-order valence-corrected chi connectivity index (χ2v) is 16.1. The van der Waals surface area contributed by atoms with Gasteiger partial charge in [-0.1, -0.05) is 11.2 Å². The zero-order chi connectivity index (χ0) is 44.0. The van der Waals surface area contributed by atoms with Crippen molar-refractivity contribution in [2.45, 2.75) is 68.2 Å². The quantitative estimate of drug-likeness (QED) is 0.0478. The van der Waals surface area contributed by atoms with Crippen molar-refractivity contribution in [2.75, 3.05) is 18.4 Å². The van der Waals surface area contributed by atoms with Gasteiger partial charge in [-0.15, -0.1) is 0 Å². The molecule has 63 heavy (non-hydrogen) atoms. The number of aromatic nitrogens is 4. The summed E-state index contributed by atoms with van der Waals surface area (Å²) in [4.78, 5) is 67.5. The number of aliphatic carboxylic acids is 1. The van der Waals surface area contributed by atoms with Gasteiger partial charge >= 0.3 is 11.9 Å². The van der Waals surface area contributed by atoms with Crippen LogP contribution in [0.15, 0.2) is 71.5 Å². The molecule has 1 aliphatic carbocycles. The summed E-state index contributed by atoms with van der Waals surface area (Å²) in [7, 11) is 0. The lowest BCUT2D eigenvalue weighted by atomic mass is 9.77. The highest BCUT2D eigenvalue weighted by molar-refractivity contribution is 7.80. The van der Waals surface area contributed by atoms with E-state index in [4.69, 9.17) is 26.2 Å². The maximum absolute atomic E-state index is 13.8. The van der Waals surface area contributed by atoms with Gasteiger partial charge in [0.2, 0.25) is 5.91 Å². The number of benzene rings is 3. The Kier molecular flexibility index (Phi) is 10.6. The van der Waals surface area contributed by atoms with Crippen LogP contribution < -0.4 is 26.0 Å². The molecule has 3 aliphatic heterocycles. The van der Waals surface area contributed by atoms with E-state index in [2.05, 4.69) is 41.8 Å². The second-order valence-electron chi connectivity index (χ2n) is 15.7. The lowest BCUT2D eigenvalue weighted by Gasteiger charge is -2.36. The number of aromatic hydroxyl groups is 2. The van der Waals surface area contributed by atoms with Crippen molar-refractivity contribution < 1.29 is 53.3 Å². The molecule has 1 spiro atoms. The number of unbranched alkanes of at least 4 members (excludes halogenated alkanes) is 1. The summed E-state index contributed by atoms with van der Waals surface area (Å²) < 4.78 is 17.5. The molecule has 0 radical (unpaired) electrons. The van der Waals surface area contributed by atoms with Crippen LogP contribution in [0.4, 0.5) is 5.69 Å². The van der Waals surface area contributed by atoms with E-state index in [0.717, 1.165) is 12.8 Å². The standard InChI is InChI=1S/C42H39N9O11S/c52-23-7-10-28-33(15-23)60-34-16-24(53)8-11-29(34)42(28)27-9-6-21(13-25(27)40(59)61-42)47-41(63)43-12-2-1-3-30(39(57)58)48-37(55)32-14-22(46-36(54)31-18-44-50-49-31)19-51(32)38(56)26-17-45-62-35(26)20-4-5-20/h6-11,13,15-18,20,22,30,32,52-53H,1-5,12,14,19H2,(H,46,54)(H,48,55)(H,57,58)(H2,43,47,63)(H,44,49,50)/t22-,30?,32+/m1/s1. The summed E-state index contributed by atoms with van der Waals surface area (Å²) in [5, 5.41) is 55.8. The van der Waals surface area contributed by atoms with Crippen molar-refractivity contribution >= 4 is 52.7 Å². The van der Waals surface area contributed by atoms with Gasteiger partial charge in [0.1, 0.15) is 40.6 Å². The monoisotopic (exact) mass is 877 g/mol. The Hall–Kier alpha value is -7.55. The molecule has 5 heterocycles. The third-order valence-electron chi connectivity index (χ3n) is 11.5. The minimum absolute atomic E-state index is 0.0197. The molecular weight excluding hydrogens is 839 g/mol. The maximum atomic E-state index is 13.8. The fraction of sp³-hybridized carbons (Fsp3) is 0.310. The highest BCUT2D eigenvalue weighted by atomic mass is 32.1. The Balaban J connectivity index is 0.807. The van der Waals surface area contributed by atoms with E-state index in [0.29, 0.717) is 47.5 Å². The number of fused-ring (bicyclic) bond motifs is 6. The van der Waals surface area contributed by atoms with Gasteiger partial charge in [-0.2, -0.15) is 15.4 Å². The van der Waals surface area contributed by atoms with Crippen molar-refractivity contribution in [2.24, 2.45) is 0 Å². The lowest BCUT2D eigenvalue weighted by molar-refractivity contribution is -0.142. The molecule has 3 amide bonds. The Morgan fingerprint density at radius 2 is 1.70 bits per heavy atom. The predicted molar refractivity (Wildman–Crippen MR) is 221 cm³/mol. The largest absolute Gasteiger partial charge is 0.508 e. The number of hydrogen-bond acceptors (Lipinski definition) is 14. The second kappa shape index (κ2) is 16.4. The molecule has 21 heteroatoms. The van der Waals surface area contributed by atoms with Gasteiger partial charge in [0.25, 0.3) is 11.8 Å². The average Bonchev–Trinajstić information content (AvgIpc) is 3.60. The first-order valence-corrected chi connectivity index (χ1v) is 20.5. The minimum atomic E-state index is -1.41. The van der Waals surface area contributed by atoms with Crippen LogP contribution in [0.3, 0.4) is 0 Å². The predicted octanol–water partition coefficient (Wildman–Crippen LogP) is 3.39. The number of phenols is 2. The van der Waals surface area contributed by atoms with Crippen LogP contribution >= 0.6 is 12.2 Å². The molecule has 3 atom stereocenters. The lowest BCUT2D eigenvalue weighted by Crippen LogP contribution is -2.51. The summed E-state index contributed by atoms with van der Waals surface area (Å²) in [6.45, 7) is 0.315. The van der Waals surface area contributed by atoms with Crippen LogP contribution in [-0.4, -0.2) is 107 Å². The molecule has 20 nitrogen and oxygen atoms in total. The molecule has 1 unspecified atom stereocenters. The number of aromatic amines is 1. The molecule has 3 aromatic carbocycles. The molecule has 1 saturated heterocycles. The summed E-state index contributed by atoms with van der Waals surface area (Å²) in [6.07, 6.45) is 5.16. The smallest absolute Gasteiger partial charge is 0.340 e. The van der Waals surface area contributed by atoms with Crippen LogP contribution in [0, 0.1) is 0 Å². The minimum Gasteiger partial charge on any atom is -0.508 e. The maximum Gasteiger partial charge on any atom is 0.340 e. The number of thiocarbonyl (C=S) groups is 1. The van der Waals surface area contributed by atoms with Gasteiger partial charge in [0.05, 0.1) is 18.0 Å². The number of nitrogens with zero attached hydrogens (tertiary/aromatic N) is 4. The molecule has 0 bridgehead atoms. The summed E-state index contributed by atoms with van der Waals surface area (Å²) >= 11 is 5.52. The first-order valence-electron chi connectivity index (χ1n) is 20.1. The van der Waals surface area contributed by atoms with Gasteiger partial charge in [-0.3, -0.25) is 14.4 Å². The van der Waals surface area contributed by atoms with Crippen molar-refractivity contribution in [1.29, 1.82) is 0 Å². The van der Waals surface area contributed by atoms with Crippen molar-refractivity contribution in [3.8, 4) is 23.0 Å². The number of rotatable bonds is 13. The van der Waals surface area contributed by atoms with Gasteiger partial charge in [-0.25, -0.2) is 9.59 Å². The third-order valence-corrected chi connectivity index (χ3v) is 11.7. The molecule has 324 valence electrons. The number of hydrogen-bond donors (Lipinski definition) is 8. The Morgan fingerprint density at radius 3 is 2.38 bits per heavy atom. The SMILES string of the molecule is O=C(N[C@@H]1C[C@@H](C(=O)NC(CCCCNC(=S)Nc2ccc3c(c2)C(=O)OC32c3ccc(O)cc3Oc3cc(O)ccc32)C(=O)O)N(C(=O)c2cnoc2C2CC2)C1)c1cn[nH]n1. The number of carbonyl (C=O) groups is 5. The van der Waals surface area contributed by atoms with Gasteiger partial charge in [-0.05, 0) is 87.1 Å². The van der Waals surface area contributed by atoms with E-state index >= 15 is 0 Å². The number of carboxylic acid groups (broad SMARTS) is 1. The van der Waals surface area contributed by atoms with Crippen molar-refractivity contribution in [3.63, 3.8) is 0 Å². The fourth-order valence-electron chi connectivity index (χ4n) is 8.35. The van der Waals surface area contributed by atoms with Gasteiger partial charge in [0, 0.05) is 59.6 Å². The first-order chi connectivity index (χ1) is 30.4. The fourth-order valence-corrected chi connectivity index (χ4v) is 8.57. The van der Waals surface area contributed by atoms with Crippen LogP contribution in [-0.2, 0) is 19.9 Å². The van der Waals surface area contributed by atoms with Crippen LogP contribution in [0.2, 0.25) is 0 Å². The molecule has 2 aromatic heterocycles. The van der Waals surface area contributed by atoms with Crippen LogP contribution in [0.1, 0.15) is 98.1 Å². The summed E-state index contributed by atoms with van der Waals surface area (Å²) in [6, 6.07) is 11.1. The Morgan fingerprint density at radius 1 is 0.968 bits per heavy atom. The number of ether oxygens (including phenoxy) is 2. The number of nitrogens with one attached hydrogen (secondary N) is 5. The number of phenolic OH excluding ortho intramolecular Hbond substituents is 2. The number of likely N-dealkylation sites (tertiary alicyclic amines) is 1. The Bertz CT molecular complexity index is 2610. The van der Waals surface area contributed by atoms with Crippen LogP contribution in [0.25, 0.3) is 0 Å². The number of H-pyrrole nitrogens is 1. The van der Waals surface area contributed by atoms with E-state index in [9.17, 15) is 39.3 Å². The zero-order valence-corrected chi connectivity index (χ0v) is 33.9. The summed E-state index contributed by atoms with van der Waals surface area (Å²) in [5.41, 5.74) is 1.11. The number of carbonyl (C=O) groups excluding carboxylic acids is 4. The van der Waals surface area contributed by atoms with Gasteiger partial charge < -0.3 is 55.5 Å². The summed E-state index contributed by atoms with van der Waals surface area (Å²) in [5.74, 6) is -2.70. The van der Waals surface area contributed by atoms with E-state index in [1.54, 1.807) is 30.3 Å². The first kappa shape index (κ1) is 40.8. The average molecular weight is 878 g/mol. The molecular formula is C42H39N9O11S. The van der Waals surface area contributed by atoms with Crippen molar-refractivity contribution in [1.82, 2.24) is 41.4 Å². The molecule has 4 aliphatic rings. The molecule has 9 rings (SSSR count). The van der Waals surface area contributed by atoms with E-state index in [1.807, 2.05) is 0 Å². The number of anilines is 1. The molecule has 5 aromatic rings. The highest BCUT2D eigenvalue weighted by Crippen LogP contribution is 2.57. The van der Waals surface area contributed by atoms with Crippen molar-refractivity contribution in [3.05, 3.63) is 106 Å². The molecule has 1 saturated carbocycles. The topological polar surface area (TPSA) is 283 Å². The van der Waals surface area contributed by atoms with E-state index in [1.165, 1.54) is 41.6 Å². The number of esters is 1. The van der Waals surface area contributed by atoms with E-state index in [-0.39, 0.29) is 70.2 Å². The zero-order valence-electron chi connectivity index (χ0n) is 33.1. The normalized spacial score (nSPS) is 18.3. The van der Waals surface area contributed by atoms with Crippen LogP contribution in [0.5, 0.6) is 23.0 Å².